The number of hydrogen-bond acceptors (Lipinski definition) is 9. The summed E-state index contributed by atoms with van der Waals surface area (Å²) >= 11 is 0. The van der Waals surface area contributed by atoms with Crippen LogP contribution >= 0.6 is 0 Å². The zero-order valence-electron chi connectivity index (χ0n) is 33.2. The van der Waals surface area contributed by atoms with Crippen molar-refractivity contribution in [3.63, 3.8) is 0 Å². The van der Waals surface area contributed by atoms with Crippen LogP contribution in [0.3, 0.4) is 0 Å². The number of amides is 4. The average molecular weight is 829 g/mol. The fraction of sp³-hybridized carbons (Fsp3) is 0.868. The zero-order chi connectivity index (χ0) is 42.2. The Bertz CT molecular complexity index is 1550. The lowest BCUT2D eigenvalue weighted by Crippen LogP contribution is -2.59. The van der Waals surface area contributed by atoms with Crippen LogP contribution in [-0.2, 0) is 28.6 Å². The molecule has 0 saturated carbocycles. The van der Waals surface area contributed by atoms with Crippen LogP contribution in [0.2, 0.25) is 0 Å². The molecule has 0 aromatic rings. The fourth-order valence-electron chi connectivity index (χ4n) is 9.19. The van der Waals surface area contributed by atoms with Crippen molar-refractivity contribution in [2.24, 2.45) is 17.3 Å². The van der Waals surface area contributed by atoms with Crippen LogP contribution in [0.4, 0.5) is 35.9 Å². The molecule has 6 bridgehead atoms. The van der Waals surface area contributed by atoms with Crippen molar-refractivity contribution in [2.75, 3.05) is 13.1 Å². The summed E-state index contributed by atoms with van der Waals surface area (Å²) in [5.74, 6) is -2.71. The third-order valence-corrected chi connectivity index (χ3v) is 11.0. The molecule has 6 saturated heterocycles. The highest BCUT2D eigenvalue weighted by molar-refractivity contribution is 5.80. The van der Waals surface area contributed by atoms with E-state index in [1.165, 1.54) is 14.7 Å². The minimum absolute atomic E-state index is 0. The molecule has 0 radical (unpaired) electrons. The van der Waals surface area contributed by atoms with Crippen molar-refractivity contribution in [1.82, 2.24) is 19.6 Å². The molecule has 6 aliphatic rings. The van der Waals surface area contributed by atoms with Crippen LogP contribution in [0, 0.1) is 17.3 Å². The van der Waals surface area contributed by atoms with Gasteiger partial charge in [-0.1, -0.05) is 7.43 Å². The summed E-state index contributed by atoms with van der Waals surface area (Å²) in [5, 5.41) is 10.6. The molecule has 0 spiro atoms. The van der Waals surface area contributed by atoms with Gasteiger partial charge in [0, 0.05) is 13.1 Å². The molecule has 0 aromatic heterocycles. The number of ether oxygens (including phenoxy) is 3. The number of rotatable bonds is 3. The Balaban J connectivity index is 0.000000254. The van der Waals surface area contributed by atoms with E-state index in [2.05, 4.69) is 0 Å². The Morgan fingerprint density at radius 2 is 0.965 bits per heavy atom. The lowest BCUT2D eigenvalue weighted by molar-refractivity contribution is -0.171. The second-order valence-electron chi connectivity index (χ2n) is 19.0. The summed E-state index contributed by atoms with van der Waals surface area (Å²) < 4.78 is 93.4. The van der Waals surface area contributed by atoms with E-state index in [4.69, 9.17) is 14.2 Å². The highest BCUT2D eigenvalue weighted by Crippen LogP contribution is 2.49. The van der Waals surface area contributed by atoms with E-state index in [-0.39, 0.29) is 32.4 Å². The van der Waals surface area contributed by atoms with Gasteiger partial charge in [0.2, 0.25) is 11.8 Å². The number of piperidine rings is 4. The predicted molar refractivity (Wildman–Crippen MR) is 191 cm³/mol. The molecule has 6 fully saturated rings. The lowest BCUT2D eigenvalue weighted by Gasteiger charge is -2.46. The maximum absolute atomic E-state index is 13.0. The van der Waals surface area contributed by atoms with Gasteiger partial charge in [-0.25, -0.2) is 9.59 Å². The molecule has 4 amide bonds. The summed E-state index contributed by atoms with van der Waals surface area (Å²) in [6, 6.07) is -3.74. The number of likely N-dealkylation sites (tertiary alicyclic amines) is 2. The van der Waals surface area contributed by atoms with Gasteiger partial charge in [0.15, 0.2) is 0 Å². The summed E-state index contributed by atoms with van der Waals surface area (Å²) in [6.45, 7) is 15.7. The van der Waals surface area contributed by atoms with E-state index in [1.54, 1.807) is 62.3 Å². The Kier molecular flexibility index (Phi) is 12.6. The van der Waals surface area contributed by atoms with Gasteiger partial charge in [0.05, 0.1) is 47.8 Å². The first-order valence-electron chi connectivity index (χ1n) is 19.0. The molecule has 4 unspecified atom stereocenters. The molecule has 6 heterocycles. The van der Waals surface area contributed by atoms with E-state index < -0.39 is 120 Å². The van der Waals surface area contributed by atoms with Gasteiger partial charge in [0.1, 0.15) is 30.1 Å². The second-order valence-corrected chi connectivity index (χ2v) is 19.0. The standard InChI is InChI=1S/C21H31F3N2O5.C16H23F3N2O4.CH4/c1-19(2,3)17(28)30-16-13-8-11-7-12(26(13)18(29)31-20(4,5)6)15(16)25(10-11)14(27)9-21(22,23)24;1-15(2,3)25-14(24)21-9-4-8-5-10(21)13(23)12(9)20(7-8)11(22)6-16(17,18)19;/h11-13,15-16H,7-10H2,1-6H3;8-10,12-13,23H,4-7H2,1-3H3;1H4/t11?,12-,13+,15?,16+;8?,9-,10+,12?,13+;/m11./s1. The minimum Gasteiger partial charge on any atom is -0.457 e. The highest BCUT2D eigenvalue weighted by Gasteiger charge is 2.64. The van der Waals surface area contributed by atoms with Crippen LogP contribution in [0.25, 0.3) is 0 Å². The molecule has 6 rings (SSSR count). The summed E-state index contributed by atoms with van der Waals surface area (Å²) in [4.78, 5) is 68.1. The smallest absolute Gasteiger partial charge is 0.410 e. The molecule has 1 N–H and O–H groups in total. The monoisotopic (exact) mass is 828 g/mol. The van der Waals surface area contributed by atoms with Crippen molar-refractivity contribution in [1.29, 1.82) is 0 Å². The second kappa shape index (κ2) is 15.6. The number of esters is 1. The number of nitrogens with zero attached hydrogens (tertiary/aromatic N) is 4. The normalized spacial score (nSPS) is 31.6. The molecule has 6 aliphatic heterocycles. The van der Waals surface area contributed by atoms with Gasteiger partial charge >= 0.3 is 30.5 Å². The van der Waals surface area contributed by atoms with Crippen LogP contribution in [0.5, 0.6) is 0 Å². The van der Waals surface area contributed by atoms with Crippen molar-refractivity contribution in [3.05, 3.63) is 0 Å². The number of halogens is 6. The minimum atomic E-state index is -4.64. The third-order valence-electron chi connectivity index (χ3n) is 11.0. The Labute approximate surface area is 329 Å². The van der Waals surface area contributed by atoms with E-state index in [0.29, 0.717) is 25.7 Å². The Morgan fingerprint density at radius 1 is 0.596 bits per heavy atom. The number of carbonyl (C=O) groups excluding carboxylic acids is 5. The van der Waals surface area contributed by atoms with Gasteiger partial charge in [0.25, 0.3) is 0 Å². The first-order valence-corrected chi connectivity index (χ1v) is 19.0. The Hall–Kier alpha value is -3.51. The molecule has 13 nitrogen and oxygen atoms in total. The van der Waals surface area contributed by atoms with Crippen LogP contribution in [0.15, 0.2) is 0 Å². The highest BCUT2D eigenvalue weighted by atomic mass is 19.4. The number of aliphatic hydroxyl groups excluding tert-OH is 1. The maximum Gasteiger partial charge on any atom is 0.410 e. The van der Waals surface area contributed by atoms with E-state index >= 15 is 0 Å². The van der Waals surface area contributed by atoms with E-state index in [9.17, 15) is 55.4 Å². The average Bonchev–Trinajstić information content (AvgIpc) is 3.16. The molecule has 57 heavy (non-hydrogen) atoms. The SMILES string of the molecule is C.CC(C)(C)OC(=O)N1[C@@H]2CC3C[C@H]1[C@H](O)C2N(C(=O)CC(F)(F)F)C3.CC(C)(C)OC(=O)N1[C@@H]2CC3C[C@H]1[C@H](OC(=O)C(C)(C)C)C2N(C(=O)CC(F)(F)F)C3. The van der Waals surface area contributed by atoms with Gasteiger partial charge < -0.3 is 29.1 Å². The molecular weight excluding hydrogens is 770 g/mol. The van der Waals surface area contributed by atoms with Crippen molar-refractivity contribution in [3.8, 4) is 0 Å². The summed E-state index contributed by atoms with van der Waals surface area (Å²) in [6.07, 6.45) is -13.5. The molecule has 0 aromatic carbocycles. The number of alkyl halides is 6. The number of aliphatic hydroxyl groups is 1. The van der Waals surface area contributed by atoms with Gasteiger partial charge in [-0.15, -0.1) is 0 Å². The molecule has 0 aliphatic carbocycles. The first-order chi connectivity index (χ1) is 25.3. The Morgan fingerprint density at radius 3 is 1.37 bits per heavy atom. The number of hydrogen-bond donors (Lipinski definition) is 1. The van der Waals surface area contributed by atoms with Crippen molar-refractivity contribution < 1.29 is 69.6 Å². The predicted octanol–water partition coefficient (Wildman–Crippen LogP) is 6.05. The number of carbonyl (C=O) groups is 5. The lowest BCUT2D eigenvalue weighted by atomic mass is 9.86. The van der Waals surface area contributed by atoms with Crippen LogP contribution < -0.4 is 0 Å². The molecular formula is C38H58F6N4O9. The van der Waals surface area contributed by atoms with Gasteiger partial charge in [-0.05, 0) is 99.8 Å². The fourth-order valence-corrected chi connectivity index (χ4v) is 9.19. The van der Waals surface area contributed by atoms with Gasteiger partial charge in [-0.2, -0.15) is 26.3 Å². The van der Waals surface area contributed by atoms with Crippen LogP contribution in [0.1, 0.15) is 108 Å². The molecule has 326 valence electrons. The molecule has 10 atom stereocenters. The van der Waals surface area contributed by atoms with E-state index in [1.807, 2.05) is 0 Å². The first kappa shape index (κ1) is 46.2. The largest absolute Gasteiger partial charge is 0.457 e. The van der Waals surface area contributed by atoms with Crippen molar-refractivity contribution >= 4 is 30.0 Å². The summed E-state index contributed by atoms with van der Waals surface area (Å²) in [7, 11) is 0. The molecule has 19 heteroatoms. The topological polar surface area (TPSA) is 146 Å². The quantitative estimate of drug-likeness (QED) is 0.204. The zero-order valence-corrected chi connectivity index (χ0v) is 33.2. The van der Waals surface area contributed by atoms with Gasteiger partial charge in [-0.3, -0.25) is 24.2 Å². The summed E-state index contributed by atoms with van der Waals surface area (Å²) in [5.41, 5.74) is -2.33. The maximum atomic E-state index is 13.0. The van der Waals surface area contributed by atoms with E-state index in [0.717, 1.165) is 4.90 Å². The third kappa shape index (κ3) is 10.2. The number of fused-ring (bicyclic) bond motifs is 4. The van der Waals surface area contributed by atoms with Crippen LogP contribution in [-0.4, -0.2) is 140 Å². The van der Waals surface area contributed by atoms with Crippen molar-refractivity contribution in [2.45, 2.75) is 180 Å².